The number of hydrogen-bond acceptors (Lipinski definition) is 4. The fraction of sp³-hybridized carbons (Fsp3) is 0.647. The number of hydrogen-bond donors (Lipinski definition) is 1. The predicted molar refractivity (Wildman–Crippen MR) is 91.5 cm³/mol. The van der Waals surface area contributed by atoms with E-state index in [1.165, 1.54) is 40.4 Å². The Morgan fingerprint density at radius 2 is 2.14 bits per heavy atom. The standard InChI is InChI=1S/C17H26N4S/c1-12-11-15(14(3)22-12)13(2)18-9-8-17-20-19-16-7-5-4-6-10-21(16)17/h11,13,18H,4-10H2,1-3H3/t13-/m1/s1. The number of fused-ring (bicyclic) bond motifs is 1. The number of aromatic nitrogens is 3. The van der Waals surface area contributed by atoms with E-state index in [0.29, 0.717) is 6.04 Å². The zero-order valence-corrected chi connectivity index (χ0v) is 14.7. The smallest absolute Gasteiger partial charge is 0.134 e. The molecule has 0 unspecified atom stereocenters. The van der Waals surface area contributed by atoms with Crippen molar-refractivity contribution in [3.05, 3.63) is 33.0 Å². The van der Waals surface area contributed by atoms with Crippen LogP contribution in [0.25, 0.3) is 0 Å². The summed E-state index contributed by atoms with van der Waals surface area (Å²) in [5, 5.41) is 12.4. The molecule has 0 saturated heterocycles. The van der Waals surface area contributed by atoms with Gasteiger partial charge >= 0.3 is 0 Å². The van der Waals surface area contributed by atoms with Crippen LogP contribution in [0, 0.1) is 13.8 Å². The van der Waals surface area contributed by atoms with Crippen LogP contribution in [-0.4, -0.2) is 21.3 Å². The molecule has 0 amide bonds. The molecule has 0 saturated carbocycles. The number of nitrogens with zero attached hydrogens (tertiary/aromatic N) is 3. The van der Waals surface area contributed by atoms with E-state index in [1.54, 1.807) is 0 Å². The fourth-order valence-corrected chi connectivity index (χ4v) is 4.34. The van der Waals surface area contributed by atoms with E-state index in [-0.39, 0.29) is 0 Å². The minimum Gasteiger partial charge on any atom is -0.315 e. The second-order valence-corrected chi connectivity index (χ2v) is 7.75. The van der Waals surface area contributed by atoms with Gasteiger partial charge in [0.15, 0.2) is 0 Å². The average Bonchev–Trinajstić information content (AvgIpc) is 2.93. The van der Waals surface area contributed by atoms with Gasteiger partial charge in [0, 0.05) is 41.7 Å². The lowest BCUT2D eigenvalue weighted by atomic mass is 10.1. The Bertz CT molecular complexity index is 629. The molecule has 2 aromatic rings. The molecule has 0 radical (unpaired) electrons. The van der Waals surface area contributed by atoms with Crippen molar-refractivity contribution >= 4 is 11.3 Å². The van der Waals surface area contributed by atoms with Crippen LogP contribution in [0.5, 0.6) is 0 Å². The van der Waals surface area contributed by atoms with Crippen LogP contribution in [0.2, 0.25) is 0 Å². The molecule has 0 fully saturated rings. The van der Waals surface area contributed by atoms with E-state index in [1.807, 2.05) is 11.3 Å². The molecule has 4 nitrogen and oxygen atoms in total. The summed E-state index contributed by atoms with van der Waals surface area (Å²) in [4.78, 5) is 2.82. The third-order valence-corrected chi connectivity index (χ3v) is 5.51. The Hall–Kier alpha value is -1.20. The van der Waals surface area contributed by atoms with Gasteiger partial charge in [-0.05, 0) is 45.2 Å². The highest BCUT2D eigenvalue weighted by molar-refractivity contribution is 7.12. The van der Waals surface area contributed by atoms with Crippen molar-refractivity contribution in [1.29, 1.82) is 0 Å². The summed E-state index contributed by atoms with van der Waals surface area (Å²) in [6, 6.07) is 2.71. The number of thiophene rings is 1. The van der Waals surface area contributed by atoms with Crippen LogP contribution in [0.15, 0.2) is 6.07 Å². The SMILES string of the molecule is Cc1cc([C@@H](C)NCCc2nnc3n2CCCCC3)c(C)s1. The lowest BCUT2D eigenvalue weighted by Crippen LogP contribution is -2.23. The van der Waals surface area contributed by atoms with Crippen molar-refractivity contribution in [2.45, 2.75) is 65.5 Å². The second-order valence-electron chi connectivity index (χ2n) is 6.29. The highest BCUT2D eigenvalue weighted by Crippen LogP contribution is 2.26. The molecule has 2 aromatic heterocycles. The summed E-state index contributed by atoms with van der Waals surface area (Å²) in [6.07, 6.45) is 5.87. The van der Waals surface area contributed by atoms with Crippen LogP contribution < -0.4 is 5.32 Å². The molecule has 0 aliphatic carbocycles. The molecular weight excluding hydrogens is 292 g/mol. The Labute approximate surface area is 137 Å². The van der Waals surface area contributed by atoms with Crippen LogP contribution >= 0.6 is 11.3 Å². The molecule has 0 aromatic carbocycles. The van der Waals surface area contributed by atoms with Crippen molar-refractivity contribution in [3.8, 4) is 0 Å². The van der Waals surface area contributed by atoms with Gasteiger partial charge in [-0.2, -0.15) is 0 Å². The van der Waals surface area contributed by atoms with Gasteiger partial charge in [0.25, 0.3) is 0 Å². The molecule has 120 valence electrons. The van der Waals surface area contributed by atoms with E-state index in [9.17, 15) is 0 Å². The Morgan fingerprint density at radius 3 is 2.91 bits per heavy atom. The molecule has 3 heterocycles. The van der Waals surface area contributed by atoms with Crippen LogP contribution in [-0.2, 0) is 19.4 Å². The first-order valence-corrected chi connectivity index (χ1v) is 9.18. The molecule has 1 aliphatic rings. The minimum atomic E-state index is 0.400. The maximum atomic E-state index is 4.41. The minimum absolute atomic E-state index is 0.400. The Balaban J connectivity index is 1.57. The second kappa shape index (κ2) is 6.92. The molecule has 1 atom stereocenters. The van der Waals surface area contributed by atoms with Crippen molar-refractivity contribution in [2.24, 2.45) is 0 Å². The summed E-state index contributed by atoms with van der Waals surface area (Å²) in [6.45, 7) is 8.69. The van der Waals surface area contributed by atoms with E-state index in [2.05, 4.69) is 46.9 Å². The number of nitrogens with one attached hydrogen (secondary N) is 1. The maximum absolute atomic E-state index is 4.41. The van der Waals surface area contributed by atoms with Crippen molar-refractivity contribution in [3.63, 3.8) is 0 Å². The molecule has 1 aliphatic heterocycles. The maximum Gasteiger partial charge on any atom is 0.134 e. The number of aryl methyl sites for hydroxylation is 3. The molecule has 0 spiro atoms. The first kappa shape index (κ1) is 15.7. The zero-order chi connectivity index (χ0) is 15.5. The summed E-state index contributed by atoms with van der Waals surface area (Å²) in [5.41, 5.74) is 1.43. The monoisotopic (exact) mass is 318 g/mol. The molecule has 1 N–H and O–H groups in total. The molecule has 0 bridgehead atoms. The summed E-state index contributed by atoms with van der Waals surface area (Å²) >= 11 is 1.88. The molecule has 5 heteroatoms. The van der Waals surface area contributed by atoms with Gasteiger partial charge in [-0.3, -0.25) is 0 Å². The van der Waals surface area contributed by atoms with Gasteiger partial charge in [0.1, 0.15) is 11.6 Å². The first-order chi connectivity index (χ1) is 10.6. The summed E-state index contributed by atoms with van der Waals surface area (Å²) in [7, 11) is 0. The fourth-order valence-electron chi connectivity index (χ4n) is 3.32. The Morgan fingerprint density at radius 1 is 1.27 bits per heavy atom. The van der Waals surface area contributed by atoms with Crippen molar-refractivity contribution in [2.75, 3.05) is 6.54 Å². The van der Waals surface area contributed by atoms with Crippen LogP contribution in [0.3, 0.4) is 0 Å². The van der Waals surface area contributed by atoms with Gasteiger partial charge in [-0.1, -0.05) is 6.42 Å². The lowest BCUT2D eigenvalue weighted by molar-refractivity contribution is 0.548. The zero-order valence-electron chi connectivity index (χ0n) is 13.9. The van der Waals surface area contributed by atoms with Gasteiger partial charge in [0.2, 0.25) is 0 Å². The van der Waals surface area contributed by atoms with Gasteiger partial charge in [0.05, 0.1) is 0 Å². The highest BCUT2D eigenvalue weighted by atomic mass is 32.1. The van der Waals surface area contributed by atoms with E-state index in [0.717, 1.165) is 31.8 Å². The molecule has 3 rings (SSSR count). The van der Waals surface area contributed by atoms with Gasteiger partial charge in [-0.15, -0.1) is 21.5 Å². The molecular formula is C17H26N4S. The van der Waals surface area contributed by atoms with Crippen molar-refractivity contribution in [1.82, 2.24) is 20.1 Å². The van der Waals surface area contributed by atoms with Crippen LogP contribution in [0.1, 0.15) is 59.2 Å². The van der Waals surface area contributed by atoms with E-state index >= 15 is 0 Å². The summed E-state index contributed by atoms with van der Waals surface area (Å²) < 4.78 is 2.35. The molecule has 22 heavy (non-hydrogen) atoms. The topological polar surface area (TPSA) is 42.7 Å². The van der Waals surface area contributed by atoms with Gasteiger partial charge in [-0.25, -0.2) is 0 Å². The largest absolute Gasteiger partial charge is 0.315 e. The van der Waals surface area contributed by atoms with E-state index < -0.39 is 0 Å². The van der Waals surface area contributed by atoms with Crippen molar-refractivity contribution < 1.29 is 0 Å². The number of rotatable bonds is 5. The van der Waals surface area contributed by atoms with E-state index in [4.69, 9.17) is 0 Å². The third-order valence-electron chi connectivity index (χ3n) is 4.53. The quantitative estimate of drug-likeness (QED) is 0.916. The summed E-state index contributed by atoms with van der Waals surface area (Å²) in [5.74, 6) is 2.33. The normalized spacial score (nSPS) is 16.3. The average molecular weight is 318 g/mol. The first-order valence-electron chi connectivity index (χ1n) is 8.36. The predicted octanol–water partition coefficient (Wildman–Crippen LogP) is 3.58. The third kappa shape index (κ3) is 3.41. The lowest BCUT2D eigenvalue weighted by Gasteiger charge is -2.14. The Kier molecular flexibility index (Phi) is 4.93. The highest BCUT2D eigenvalue weighted by Gasteiger charge is 2.15. The van der Waals surface area contributed by atoms with Crippen LogP contribution in [0.4, 0.5) is 0 Å². The van der Waals surface area contributed by atoms with Gasteiger partial charge < -0.3 is 9.88 Å².